The molecule has 2 aromatic rings. The van der Waals surface area contributed by atoms with Crippen LogP contribution in [-0.2, 0) is 0 Å². The molecule has 0 bridgehead atoms. The smallest absolute Gasteiger partial charge is 0.255 e. The second kappa shape index (κ2) is 9.21. The minimum Gasteiger partial charge on any atom is -0.497 e. The Morgan fingerprint density at radius 2 is 1.96 bits per heavy atom. The molecule has 27 heavy (non-hydrogen) atoms. The van der Waals surface area contributed by atoms with E-state index in [1.807, 2.05) is 0 Å². The van der Waals surface area contributed by atoms with Crippen molar-refractivity contribution in [3.05, 3.63) is 46.2 Å². The third-order valence-electron chi connectivity index (χ3n) is 5.02. The molecule has 1 aliphatic heterocycles. The minimum atomic E-state index is -0.135. The first-order chi connectivity index (χ1) is 13.1. The Morgan fingerprint density at radius 3 is 2.59 bits per heavy atom. The van der Waals surface area contributed by atoms with E-state index >= 15 is 0 Å². The lowest BCUT2D eigenvalue weighted by atomic mass is 10.1. The van der Waals surface area contributed by atoms with Crippen molar-refractivity contribution in [3.8, 4) is 11.5 Å². The maximum Gasteiger partial charge on any atom is 0.255 e. The standard InChI is InChI=1S/C20H27N3O3S/c1-22-7-9-23(10-8-22)18(15-6-11-27-14-15)13-21-20(24)17-5-4-16(25-2)12-19(17)26-3/h4-6,11-12,14,18H,7-10,13H2,1-3H3,(H,21,24). The van der Waals surface area contributed by atoms with Crippen molar-refractivity contribution < 1.29 is 14.3 Å². The normalized spacial score (nSPS) is 16.7. The maximum absolute atomic E-state index is 12.8. The van der Waals surface area contributed by atoms with Crippen LogP contribution in [0.25, 0.3) is 0 Å². The Labute approximate surface area is 164 Å². The van der Waals surface area contributed by atoms with E-state index in [1.165, 1.54) is 5.56 Å². The SMILES string of the molecule is COc1ccc(C(=O)NCC(c2ccsc2)N2CCN(C)CC2)c(OC)c1. The van der Waals surface area contributed by atoms with Crippen LogP contribution in [0.5, 0.6) is 11.5 Å². The van der Waals surface area contributed by atoms with Gasteiger partial charge in [-0.1, -0.05) is 0 Å². The first kappa shape index (κ1) is 19.7. The molecular formula is C20H27N3O3S. The van der Waals surface area contributed by atoms with Crippen molar-refractivity contribution in [2.45, 2.75) is 6.04 Å². The molecule has 1 unspecified atom stereocenters. The molecule has 0 saturated carbocycles. The summed E-state index contributed by atoms with van der Waals surface area (Å²) in [5, 5.41) is 7.36. The summed E-state index contributed by atoms with van der Waals surface area (Å²) in [6.07, 6.45) is 0. The topological polar surface area (TPSA) is 54.0 Å². The molecule has 146 valence electrons. The minimum absolute atomic E-state index is 0.135. The molecule has 1 amide bonds. The van der Waals surface area contributed by atoms with E-state index in [-0.39, 0.29) is 11.9 Å². The number of ether oxygens (including phenoxy) is 2. The van der Waals surface area contributed by atoms with Crippen LogP contribution in [0.2, 0.25) is 0 Å². The number of likely N-dealkylation sites (N-methyl/N-ethyl adjacent to an activating group) is 1. The van der Waals surface area contributed by atoms with Gasteiger partial charge in [-0.25, -0.2) is 0 Å². The van der Waals surface area contributed by atoms with E-state index < -0.39 is 0 Å². The molecule has 3 rings (SSSR count). The number of benzene rings is 1. The van der Waals surface area contributed by atoms with Crippen LogP contribution in [-0.4, -0.2) is 69.7 Å². The van der Waals surface area contributed by atoms with Crippen molar-refractivity contribution >= 4 is 17.2 Å². The van der Waals surface area contributed by atoms with E-state index in [1.54, 1.807) is 43.8 Å². The van der Waals surface area contributed by atoms with Gasteiger partial charge in [0.2, 0.25) is 0 Å². The quantitative estimate of drug-likeness (QED) is 0.789. The second-order valence-electron chi connectivity index (χ2n) is 6.69. The maximum atomic E-state index is 12.8. The van der Waals surface area contributed by atoms with Crippen LogP contribution in [0.15, 0.2) is 35.0 Å². The number of hydrogen-bond acceptors (Lipinski definition) is 6. The summed E-state index contributed by atoms with van der Waals surface area (Å²) in [6.45, 7) is 4.65. The van der Waals surface area contributed by atoms with Crippen LogP contribution in [0.1, 0.15) is 22.0 Å². The fourth-order valence-corrected chi connectivity index (χ4v) is 4.03. The molecule has 1 aliphatic rings. The van der Waals surface area contributed by atoms with Gasteiger partial charge in [-0.05, 0) is 41.6 Å². The van der Waals surface area contributed by atoms with Gasteiger partial charge >= 0.3 is 0 Å². The van der Waals surface area contributed by atoms with Gasteiger partial charge in [0.1, 0.15) is 11.5 Å². The first-order valence-electron chi connectivity index (χ1n) is 9.07. The third kappa shape index (κ3) is 4.80. The summed E-state index contributed by atoms with van der Waals surface area (Å²) in [7, 11) is 5.30. The van der Waals surface area contributed by atoms with Gasteiger partial charge in [-0.2, -0.15) is 11.3 Å². The second-order valence-corrected chi connectivity index (χ2v) is 7.47. The molecule has 7 heteroatoms. The Bertz CT molecular complexity index is 743. The molecule has 1 aromatic heterocycles. The fraction of sp³-hybridized carbons (Fsp3) is 0.450. The summed E-state index contributed by atoms with van der Waals surface area (Å²) in [4.78, 5) is 17.6. The van der Waals surface area contributed by atoms with Crippen molar-refractivity contribution in [1.82, 2.24) is 15.1 Å². The van der Waals surface area contributed by atoms with Crippen LogP contribution in [0, 0.1) is 0 Å². The number of nitrogens with one attached hydrogen (secondary N) is 1. The molecule has 0 spiro atoms. The number of amides is 1. The van der Waals surface area contributed by atoms with Crippen LogP contribution < -0.4 is 14.8 Å². The highest BCUT2D eigenvalue weighted by molar-refractivity contribution is 7.07. The number of thiophene rings is 1. The largest absolute Gasteiger partial charge is 0.497 e. The monoisotopic (exact) mass is 389 g/mol. The highest BCUT2D eigenvalue weighted by Gasteiger charge is 2.25. The van der Waals surface area contributed by atoms with Gasteiger partial charge in [-0.3, -0.25) is 9.69 Å². The highest BCUT2D eigenvalue weighted by atomic mass is 32.1. The van der Waals surface area contributed by atoms with Crippen molar-refractivity contribution in [3.63, 3.8) is 0 Å². The summed E-state index contributed by atoms with van der Waals surface area (Å²) in [5.74, 6) is 1.04. The molecular weight excluding hydrogens is 362 g/mol. The average molecular weight is 390 g/mol. The zero-order valence-corrected chi connectivity index (χ0v) is 16.9. The molecule has 6 nitrogen and oxygen atoms in total. The van der Waals surface area contributed by atoms with Crippen molar-refractivity contribution in [2.75, 3.05) is 54.0 Å². The van der Waals surface area contributed by atoms with Gasteiger partial charge in [0.25, 0.3) is 5.91 Å². The number of rotatable bonds is 7. The van der Waals surface area contributed by atoms with Crippen molar-refractivity contribution in [1.29, 1.82) is 0 Å². The molecule has 1 fully saturated rings. The zero-order chi connectivity index (χ0) is 19.2. The Hall–Kier alpha value is -2.09. The summed E-state index contributed by atoms with van der Waals surface area (Å²) >= 11 is 1.69. The number of nitrogens with zero attached hydrogens (tertiary/aromatic N) is 2. The zero-order valence-electron chi connectivity index (χ0n) is 16.1. The molecule has 1 atom stereocenters. The number of piperazine rings is 1. The van der Waals surface area contributed by atoms with E-state index in [2.05, 4.69) is 39.0 Å². The number of carbonyl (C=O) groups excluding carboxylic acids is 1. The molecule has 0 radical (unpaired) electrons. The Kier molecular flexibility index (Phi) is 6.71. The molecule has 1 aromatic carbocycles. The van der Waals surface area contributed by atoms with Crippen LogP contribution in [0.3, 0.4) is 0 Å². The Morgan fingerprint density at radius 1 is 1.19 bits per heavy atom. The van der Waals surface area contributed by atoms with Gasteiger partial charge in [0.05, 0.1) is 25.8 Å². The molecule has 1 N–H and O–H groups in total. The first-order valence-corrected chi connectivity index (χ1v) is 10.0. The van der Waals surface area contributed by atoms with Gasteiger partial charge in [0.15, 0.2) is 0 Å². The average Bonchev–Trinajstić information content (AvgIpc) is 3.23. The molecule has 1 saturated heterocycles. The van der Waals surface area contributed by atoms with Crippen molar-refractivity contribution in [2.24, 2.45) is 0 Å². The van der Waals surface area contributed by atoms with E-state index in [4.69, 9.17) is 9.47 Å². The molecule has 0 aliphatic carbocycles. The van der Waals surface area contributed by atoms with Gasteiger partial charge < -0.3 is 19.7 Å². The van der Waals surface area contributed by atoms with Gasteiger partial charge in [0, 0.05) is 38.8 Å². The van der Waals surface area contributed by atoms with E-state index in [9.17, 15) is 4.79 Å². The lowest BCUT2D eigenvalue weighted by molar-refractivity contribution is 0.0884. The van der Waals surface area contributed by atoms with Crippen LogP contribution >= 0.6 is 11.3 Å². The fourth-order valence-electron chi connectivity index (χ4n) is 3.33. The summed E-state index contributed by atoms with van der Waals surface area (Å²) in [6, 6.07) is 7.56. The summed E-state index contributed by atoms with van der Waals surface area (Å²) < 4.78 is 10.6. The number of carbonyl (C=O) groups is 1. The summed E-state index contributed by atoms with van der Waals surface area (Å²) in [5.41, 5.74) is 1.77. The lowest BCUT2D eigenvalue weighted by Crippen LogP contribution is -2.48. The highest BCUT2D eigenvalue weighted by Crippen LogP contribution is 2.26. The molecule has 2 heterocycles. The number of hydrogen-bond donors (Lipinski definition) is 1. The lowest BCUT2D eigenvalue weighted by Gasteiger charge is -2.38. The predicted molar refractivity (Wildman–Crippen MR) is 108 cm³/mol. The Balaban J connectivity index is 1.71. The van der Waals surface area contributed by atoms with Gasteiger partial charge in [-0.15, -0.1) is 0 Å². The van der Waals surface area contributed by atoms with E-state index in [0.29, 0.717) is 23.6 Å². The predicted octanol–water partition coefficient (Wildman–Crippen LogP) is 2.48. The van der Waals surface area contributed by atoms with Crippen LogP contribution in [0.4, 0.5) is 0 Å². The third-order valence-corrected chi connectivity index (χ3v) is 5.72. The number of methoxy groups -OCH3 is 2. The van der Waals surface area contributed by atoms with E-state index in [0.717, 1.165) is 26.2 Å².